The van der Waals surface area contributed by atoms with Crippen molar-refractivity contribution < 1.29 is 4.39 Å². The zero-order chi connectivity index (χ0) is 6.85. The van der Waals surface area contributed by atoms with Crippen LogP contribution < -0.4 is 0 Å². The van der Waals surface area contributed by atoms with E-state index in [2.05, 4.69) is 33.1 Å². The van der Waals surface area contributed by atoms with E-state index in [-0.39, 0.29) is 4.64 Å². The number of halogens is 2. The lowest BCUT2D eigenvalue weighted by Gasteiger charge is -1.88. The SMILES string of the molecule is Fc1cc(Br)c[nH]c1=S. The highest BCUT2D eigenvalue weighted by atomic mass is 79.9. The fourth-order valence-corrected chi connectivity index (χ4v) is 0.865. The summed E-state index contributed by atoms with van der Waals surface area (Å²) in [6, 6.07) is 1.32. The largest absolute Gasteiger partial charge is 0.349 e. The average molecular weight is 208 g/mol. The van der Waals surface area contributed by atoms with Crippen LogP contribution in [0.15, 0.2) is 16.7 Å². The Kier molecular flexibility index (Phi) is 1.97. The monoisotopic (exact) mass is 207 g/mol. The van der Waals surface area contributed by atoms with E-state index in [1.165, 1.54) is 6.07 Å². The third-order valence-corrected chi connectivity index (χ3v) is 1.59. The Morgan fingerprint density at radius 1 is 1.67 bits per heavy atom. The molecule has 0 bridgehead atoms. The van der Waals surface area contributed by atoms with Gasteiger partial charge in [0.15, 0.2) is 5.82 Å². The predicted molar refractivity (Wildman–Crippen MR) is 39.3 cm³/mol. The molecular formula is C5H3BrFNS. The summed E-state index contributed by atoms with van der Waals surface area (Å²) >= 11 is 7.64. The molecule has 1 nitrogen and oxygen atoms in total. The number of rotatable bonds is 0. The lowest BCUT2D eigenvalue weighted by molar-refractivity contribution is 0.615. The van der Waals surface area contributed by atoms with Crippen molar-refractivity contribution in [1.29, 1.82) is 0 Å². The van der Waals surface area contributed by atoms with Crippen LogP contribution in [0.25, 0.3) is 0 Å². The Bertz CT molecular complexity index is 270. The summed E-state index contributed by atoms with van der Waals surface area (Å²) in [4.78, 5) is 2.56. The first-order valence-electron chi connectivity index (χ1n) is 2.24. The van der Waals surface area contributed by atoms with E-state index < -0.39 is 5.82 Å². The second-order valence-corrected chi connectivity index (χ2v) is 2.82. The van der Waals surface area contributed by atoms with E-state index in [9.17, 15) is 4.39 Å². The van der Waals surface area contributed by atoms with Gasteiger partial charge >= 0.3 is 0 Å². The van der Waals surface area contributed by atoms with Gasteiger partial charge in [-0.2, -0.15) is 0 Å². The molecule has 0 fully saturated rings. The highest BCUT2D eigenvalue weighted by Gasteiger charge is 1.91. The Morgan fingerprint density at radius 2 is 2.33 bits per heavy atom. The van der Waals surface area contributed by atoms with Crippen molar-refractivity contribution in [3.8, 4) is 0 Å². The molecule has 0 spiro atoms. The van der Waals surface area contributed by atoms with Crippen LogP contribution in [0, 0.1) is 10.5 Å². The molecule has 1 N–H and O–H groups in total. The summed E-state index contributed by atoms with van der Waals surface area (Å²) in [6.07, 6.45) is 1.59. The third-order valence-electron chi connectivity index (χ3n) is 0.823. The van der Waals surface area contributed by atoms with Crippen LogP contribution in [0.2, 0.25) is 0 Å². The number of pyridine rings is 1. The van der Waals surface area contributed by atoms with Crippen molar-refractivity contribution >= 4 is 28.1 Å². The number of aromatic nitrogens is 1. The van der Waals surface area contributed by atoms with Crippen LogP contribution in [-0.2, 0) is 0 Å². The zero-order valence-electron chi connectivity index (χ0n) is 4.32. The summed E-state index contributed by atoms with van der Waals surface area (Å²) < 4.78 is 13.2. The molecule has 48 valence electrons. The van der Waals surface area contributed by atoms with Gasteiger partial charge in [0, 0.05) is 10.7 Å². The maximum Gasteiger partial charge on any atom is 0.158 e. The molecule has 4 heteroatoms. The van der Waals surface area contributed by atoms with Gasteiger partial charge in [0.2, 0.25) is 0 Å². The first kappa shape index (κ1) is 6.89. The van der Waals surface area contributed by atoms with Crippen LogP contribution in [0.1, 0.15) is 0 Å². The van der Waals surface area contributed by atoms with Gasteiger partial charge in [-0.25, -0.2) is 4.39 Å². The van der Waals surface area contributed by atoms with Crippen molar-refractivity contribution in [3.05, 3.63) is 27.2 Å². The molecule has 0 aliphatic heterocycles. The fraction of sp³-hybridized carbons (Fsp3) is 0. The van der Waals surface area contributed by atoms with Gasteiger partial charge in [0.1, 0.15) is 4.64 Å². The Hall–Kier alpha value is -0.220. The van der Waals surface area contributed by atoms with Gasteiger partial charge in [-0.15, -0.1) is 0 Å². The van der Waals surface area contributed by atoms with Crippen molar-refractivity contribution in [2.24, 2.45) is 0 Å². The number of nitrogens with one attached hydrogen (secondary N) is 1. The highest BCUT2D eigenvalue weighted by Crippen LogP contribution is 2.08. The molecule has 1 heterocycles. The van der Waals surface area contributed by atoms with Crippen LogP contribution in [-0.4, -0.2) is 4.98 Å². The quantitative estimate of drug-likeness (QED) is 0.648. The lowest BCUT2D eigenvalue weighted by atomic mass is 10.5. The van der Waals surface area contributed by atoms with Crippen LogP contribution in [0.3, 0.4) is 0 Å². The molecule has 0 radical (unpaired) electrons. The minimum absolute atomic E-state index is 0.137. The summed E-state index contributed by atoms with van der Waals surface area (Å²) in [5.41, 5.74) is 0. The maximum absolute atomic E-state index is 12.4. The van der Waals surface area contributed by atoms with Crippen molar-refractivity contribution in [1.82, 2.24) is 4.98 Å². The molecule has 0 aliphatic rings. The number of H-pyrrole nitrogens is 1. The molecule has 0 saturated heterocycles. The van der Waals surface area contributed by atoms with E-state index in [4.69, 9.17) is 0 Å². The highest BCUT2D eigenvalue weighted by molar-refractivity contribution is 9.10. The summed E-state index contributed by atoms with van der Waals surface area (Å²) in [7, 11) is 0. The van der Waals surface area contributed by atoms with E-state index in [1.807, 2.05) is 0 Å². The van der Waals surface area contributed by atoms with Gasteiger partial charge in [-0.3, -0.25) is 0 Å². The van der Waals surface area contributed by atoms with E-state index >= 15 is 0 Å². The molecule has 1 aromatic heterocycles. The molecule has 0 atom stereocenters. The van der Waals surface area contributed by atoms with Gasteiger partial charge in [0.05, 0.1) is 0 Å². The minimum atomic E-state index is -0.403. The molecular weight excluding hydrogens is 205 g/mol. The maximum atomic E-state index is 12.4. The summed E-state index contributed by atoms with van der Waals surface area (Å²) in [5.74, 6) is -0.403. The van der Waals surface area contributed by atoms with E-state index in [1.54, 1.807) is 6.20 Å². The average Bonchev–Trinajstić information content (AvgIpc) is 1.80. The number of hydrogen-bond acceptors (Lipinski definition) is 1. The van der Waals surface area contributed by atoms with Crippen molar-refractivity contribution in [3.63, 3.8) is 0 Å². The number of hydrogen-bond donors (Lipinski definition) is 1. The molecule has 1 aromatic rings. The smallest absolute Gasteiger partial charge is 0.158 e. The fourth-order valence-electron chi connectivity index (χ4n) is 0.432. The third kappa shape index (κ3) is 1.59. The molecule has 0 aromatic carbocycles. The van der Waals surface area contributed by atoms with Crippen molar-refractivity contribution in [2.75, 3.05) is 0 Å². The van der Waals surface area contributed by atoms with E-state index in [0.717, 1.165) is 0 Å². The summed E-state index contributed by atoms with van der Waals surface area (Å²) in [6.45, 7) is 0. The first-order chi connectivity index (χ1) is 4.20. The second-order valence-electron chi connectivity index (χ2n) is 1.49. The molecule has 0 aliphatic carbocycles. The van der Waals surface area contributed by atoms with Crippen LogP contribution >= 0.6 is 28.1 Å². The molecule has 0 unspecified atom stereocenters. The van der Waals surface area contributed by atoms with E-state index in [0.29, 0.717) is 4.47 Å². The second kappa shape index (κ2) is 2.58. The Balaban J connectivity index is 3.34. The Labute approximate surface area is 65.0 Å². The van der Waals surface area contributed by atoms with Gasteiger partial charge in [-0.05, 0) is 22.0 Å². The normalized spacial score (nSPS) is 9.56. The molecule has 1 rings (SSSR count). The summed E-state index contributed by atoms with van der Waals surface area (Å²) in [5, 5.41) is 0. The molecule has 0 amide bonds. The first-order valence-corrected chi connectivity index (χ1v) is 3.44. The Morgan fingerprint density at radius 3 is 2.78 bits per heavy atom. The van der Waals surface area contributed by atoms with Crippen molar-refractivity contribution in [2.45, 2.75) is 0 Å². The van der Waals surface area contributed by atoms with Crippen LogP contribution in [0.4, 0.5) is 4.39 Å². The topological polar surface area (TPSA) is 15.8 Å². The van der Waals surface area contributed by atoms with Gasteiger partial charge in [-0.1, -0.05) is 12.2 Å². The predicted octanol–water partition coefficient (Wildman–Crippen LogP) is 2.65. The molecule has 9 heavy (non-hydrogen) atoms. The zero-order valence-corrected chi connectivity index (χ0v) is 6.72. The molecule has 0 saturated carbocycles. The minimum Gasteiger partial charge on any atom is -0.349 e. The lowest BCUT2D eigenvalue weighted by Crippen LogP contribution is -1.79. The number of aromatic amines is 1. The standard InChI is InChI=1S/C5H3BrFNS/c6-3-1-4(7)5(9)8-2-3/h1-2H,(H,8,9). The van der Waals surface area contributed by atoms with Crippen LogP contribution in [0.5, 0.6) is 0 Å². The van der Waals surface area contributed by atoms with Gasteiger partial charge in [0.25, 0.3) is 0 Å². The van der Waals surface area contributed by atoms with Gasteiger partial charge < -0.3 is 4.98 Å².